The average molecular weight is 364 g/mol. The quantitative estimate of drug-likeness (QED) is 0.723. The molecule has 1 aliphatic heterocycles. The van der Waals surface area contributed by atoms with Gasteiger partial charge in [-0.3, -0.25) is 9.69 Å². The number of likely N-dealkylation sites (tertiary alicyclic amines) is 1. The van der Waals surface area contributed by atoms with Crippen LogP contribution in [0.5, 0.6) is 0 Å². The number of carbonyl (C=O) groups is 1. The van der Waals surface area contributed by atoms with E-state index in [1.54, 1.807) is 18.4 Å². The van der Waals surface area contributed by atoms with E-state index >= 15 is 0 Å². The third kappa shape index (κ3) is 5.10. The number of rotatable bonds is 8. The minimum absolute atomic E-state index is 0.100. The Kier molecular flexibility index (Phi) is 6.55. The molecule has 3 rings (SSSR count). The highest BCUT2D eigenvalue weighted by Crippen LogP contribution is 2.23. The van der Waals surface area contributed by atoms with Crippen LogP contribution in [0.2, 0.25) is 0 Å². The second-order valence-electron chi connectivity index (χ2n) is 6.18. The Hall–Kier alpha value is -1.77. The summed E-state index contributed by atoms with van der Waals surface area (Å²) in [5, 5.41) is 9.03. The SMILES string of the molecule is COCCCNC(=O)C1CCN(Cc2nc(-c3cccs3)no2)CC1. The van der Waals surface area contributed by atoms with Gasteiger partial charge >= 0.3 is 0 Å². The standard InChI is InChI=1S/C17H24N4O3S/c1-23-10-3-7-18-17(22)13-5-8-21(9-6-13)12-15-19-16(20-24-15)14-4-2-11-25-14/h2,4,11,13H,3,5-10,12H2,1H3,(H,18,22). The molecule has 1 N–H and O–H groups in total. The minimum atomic E-state index is 0.100. The molecule has 136 valence electrons. The lowest BCUT2D eigenvalue weighted by molar-refractivity contribution is -0.126. The maximum absolute atomic E-state index is 12.2. The summed E-state index contributed by atoms with van der Waals surface area (Å²) in [6.07, 6.45) is 2.58. The second-order valence-corrected chi connectivity index (χ2v) is 7.12. The summed E-state index contributed by atoms with van der Waals surface area (Å²) in [5.41, 5.74) is 0. The third-order valence-electron chi connectivity index (χ3n) is 4.35. The fourth-order valence-corrected chi connectivity index (χ4v) is 3.59. The molecule has 2 aromatic heterocycles. The monoisotopic (exact) mass is 364 g/mol. The zero-order valence-corrected chi connectivity index (χ0v) is 15.3. The van der Waals surface area contributed by atoms with Crippen molar-refractivity contribution in [1.29, 1.82) is 0 Å². The molecule has 1 fully saturated rings. The molecule has 1 aliphatic rings. The van der Waals surface area contributed by atoms with E-state index in [4.69, 9.17) is 9.26 Å². The number of amides is 1. The summed E-state index contributed by atoms with van der Waals surface area (Å²) in [5.74, 6) is 1.54. The van der Waals surface area contributed by atoms with Crippen LogP contribution in [0.3, 0.4) is 0 Å². The highest BCUT2D eigenvalue weighted by Gasteiger charge is 2.25. The Morgan fingerprint density at radius 1 is 1.48 bits per heavy atom. The van der Waals surface area contributed by atoms with Crippen molar-refractivity contribution < 1.29 is 14.1 Å². The molecular formula is C17H24N4O3S. The van der Waals surface area contributed by atoms with Crippen molar-refractivity contribution in [3.63, 3.8) is 0 Å². The largest absolute Gasteiger partial charge is 0.385 e. The van der Waals surface area contributed by atoms with E-state index in [9.17, 15) is 4.79 Å². The van der Waals surface area contributed by atoms with Gasteiger partial charge in [0.05, 0.1) is 11.4 Å². The first-order chi connectivity index (χ1) is 12.3. The molecule has 0 unspecified atom stereocenters. The lowest BCUT2D eigenvalue weighted by atomic mass is 9.96. The van der Waals surface area contributed by atoms with Crippen LogP contribution in [0.25, 0.3) is 10.7 Å². The van der Waals surface area contributed by atoms with Crippen molar-refractivity contribution in [2.45, 2.75) is 25.8 Å². The molecule has 3 heterocycles. The van der Waals surface area contributed by atoms with Crippen molar-refractivity contribution in [1.82, 2.24) is 20.4 Å². The van der Waals surface area contributed by atoms with Gasteiger partial charge in [0.1, 0.15) is 0 Å². The highest BCUT2D eigenvalue weighted by atomic mass is 32.1. The molecule has 1 amide bonds. The number of carbonyl (C=O) groups excluding carboxylic acids is 1. The molecule has 0 spiro atoms. The number of methoxy groups -OCH3 is 1. The molecule has 0 radical (unpaired) electrons. The Bertz CT molecular complexity index is 651. The molecule has 2 aromatic rings. The summed E-state index contributed by atoms with van der Waals surface area (Å²) < 4.78 is 10.3. The number of hydrogen-bond acceptors (Lipinski definition) is 7. The van der Waals surface area contributed by atoms with E-state index in [1.165, 1.54) is 0 Å². The summed E-state index contributed by atoms with van der Waals surface area (Å²) in [4.78, 5) is 19.9. The van der Waals surface area contributed by atoms with E-state index in [2.05, 4.69) is 20.4 Å². The Morgan fingerprint density at radius 3 is 3.04 bits per heavy atom. The van der Waals surface area contributed by atoms with Crippen LogP contribution in [0.15, 0.2) is 22.0 Å². The molecule has 1 saturated heterocycles. The predicted octanol–water partition coefficient (Wildman–Crippen LogP) is 2.16. The number of hydrogen-bond donors (Lipinski definition) is 1. The van der Waals surface area contributed by atoms with Crippen LogP contribution in [-0.4, -0.2) is 54.3 Å². The number of aromatic nitrogens is 2. The fraction of sp³-hybridized carbons (Fsp3) is 0.588. The molecule has 0 aliphatic carbocycles. The lowest BCUT2D eigenvalue weighted by Crippen LogP contribution is -2.40. The summed E-state index contributed by atoms with van der Waals surface area (Å²) in [7, 11) is 1.67. The van der Waals surface area contributed by atoms with E-state index < -0.39 is 0 Å². The van der Waals surface area contributed by atoms with Gasteiger partial charge in [0.2, 0.25) is 17.6 Å². The van der Waals surface area contributed by atoms with Gasteiger partial charge in [0, 0.05) is 26.2 Å². The van der Waals surface area contributed by atoms with Gasteiger partial charge in [-0.2, -0.15) is 4.98 Å². The Labute approximate surface area is 151 Å². The van der Waals surface area contributed by atoms with Gasteiger partial charge < -0.3 is 14.6 Å². The molecule has 0 atom stereocenters. The predicted molar refractivity (Wildman–Crippen MR) is 95.1 cm³/mol. The van der Waals surface area contributed by atoms with Crippen molar-refractivity contribution in [2.75, 3.05) is 33.4 Å². The zero-order valence-electron chi connectivity index (χ0n) is 14.4. The average Bonchev–Trinajstić information content (AvgIpc) is 3.30. The van der Waals surface area contributed by atoms with Gasteiger partial charge in [0.15, 0.2) is 0 Å². The van der Waals surface area contributed by atoms with Crippen LogP contribution in [0.1, 0.15) is 25.2 Å². The first-order valence-electron chi connectivity index (χ1n) is 8.61. The Balaban J connectivity index is 1.41. The van der Waals surface area contributed by atoms with Crippen LogP contribution in [0.4, 0.5) is 0 Å². The molecule has 0 saturated carbocycles. The van der Waals surface area contributed by atoms with Crippen molar-refractivity contribution in [2.24, 2.45) is 5.92 Å². The molecule has 0 aromatic carbocycles. The van der Waals surface area contributed by atoms with Crippen molar-refractivity contribution in [3.05, 3.63) is 23.4 Å². The minimum Gasteiger partial charge on any atom is -0.385 e. The summed E-state index contributed by atoms with van der Waals surface area (Å²) in [6.45, 7) is 3.73. The van der Waals surface area contributed by atoms with E-state index in [0.717, 1.165) is 37.2 Å². The number of thiophene rings is 1. The van der Waals surface area contributed by atoms with Gasteiger partial charge in [0.25, 0.3) is 0 Å². The number of piperidine rings is 1. The first kappa shape index (κ1) is 18.0. The maximum atomic E-state index is 12.2. The zero-order chi connectivity index (χ0) is 17.5. The van der Waals surface area contributed by atoms with E-state index in [1.807, 2.05) is 17.5 Å². The first-order valence-corrected chi connectivity index (χ1v) is 9.49. The molecule has 0 bridgehead atoms. The van der Waals surface area contributed by atoms with Crippen LogP contribution in [-0.2, 0) is 16.1 Å². The summed E-state index contributed by atoms with van der Waals surface area (Å²) in [6, 6.07) is 3.96. The lowest BCUT2D eigenvalue weighted by Gasteiger charge is -2.30. The van der Waals surface area contributed by atoms with Gasteiger partial charge in [-0.15, -0.1) is 11.3 Å². The molecular weight excluding hydrogens is 340 g/mol. The van der Waals surface area contributed by atoms with Gasteiger partial charge in [-0.1, -0.05) is 11.2 Å². The Morgan fingerprint density at radius 2 is 2.32 bits per heavy atom. The van der Waals surface area contributed by atoms with Crippen LogP contribution in [0, 0.1) is 5.92 Å². The molecule has 7 nitrogen and oxygen atoms in total. The molecule has 8 heteroatoms. The van der Waals surface area contributed by atoms with Gasteiger partial charge in [-0.05, 0) is 43.8 Å². The number of ether oxygens (including phenoxy) is 1. The topological polar surface area (TPSA) is 80.5 Å². The van der Waals surface area contributed by atoms with Crippen molar-refractivity contribution in [3.8, 4) is 10.7 Å². The summed E-state index contributed by atoms with van der Waals surface area (Å²) >= 11 is 1.60. The third-order valence-corrected chi connectivity index (χ3v) is 5.22. The normalized spacial score (nSPS) is 16.2. The second kappa shape index (κ2) is 9.07. The highest BCUT2D eigenvalue weighted by molar-refractivity contribution is 7.13. The van der Waals surface area contributed by atoms with Crippen LogP contribution >= 0.6 is 11.3 Å². The van der Waals surface area contributed by atoms with E-state index in [-0.39, 0.29) is 11.8 Å². The maximum Gasteiger partial charge on any atom is 0.241 e. The molecule has 25 heavy (non-hydrogen) atoms. The fourth-order valence-electron chi connectivity index (χ4n) is 2.94. The smallest absolute Gasteiger partial charge is 0.241 e. The van der Waals surface area contributed by atoms with E-state index in [0.29, 0.717) is 31.4 Å². The van der Waals surface area contributed by atoms with Gasteiger partial charge in [-0.25, -0.2) is 0 Å². The number of nitrogens with zero attached hydrogens (tertiary/aromatic N) is 3. The van der Waals surface area contributed by atoms with Crippen LogP contribution < -0.4 is 5.32 Å². The van der Waals surface area contributed by atoms with Crippen molar-refractivity contribution >= 4 is 17.2 Å². The number of nitrogens with one attached hydrogen (secondary N) is 1.